The maximum Gasteiger partial charge on any atom is 0.124 e. The smallest absolute Gasteiger partial charge is 0.124 e. The highest BCUT2D eigenvalue weighted by Crippen LogP contribution is 2.49. The molecule has 0 saturated carbocycles. The van der Waals surface area contributed by atoms with Crippen LogP contribution in [0.4, 0.5) is 0 Å². The van der Waals surface area contributed by atoms with Crippen LogP contribution in [-0.4, -0.2) is 10.2 Å². The highest BCUT2D eigenvalue weighted by atomic mass is 16.3. The summed E-state index contributed by atoms with van der Waals surface area (Å²) < 4.78 is 0. The summed E-state index contributed by atoms with van der Waals surface area (Å²) in [6, 6.07) is 8.15. The molecule has 2 heteroatoms. The molecule has 0 amide bonds. The molecule has 0 atom stereocenters. The summed E-state index contributed by atoms with van der Waals surface area (Å²) in [7, 11) is 0. The molecule has 2 aromatic carbocycles. The van der Waals surface area contributed by atoms with Gasteiger partial charge in [-0.05, 0) is 56.0 Å². The molecule has 0 aliphatic rings. The summed E-state index contributed by atoms with van der Waals surface area (Å²) in [5.74, 6) is 0.466. The average Bonchev–Trinajstić information content (AvgIpc) is 2.50. The number of benzene rings is 2. The maximum absolute atomic E-state index is 11.3. The monoisotopic (exact) mass is 410 g/mol. The normalized spacial score (nSPS) is 13.6. The van der Waals surface area contributed by atoms with Crippen LogP contribution in [0.3, 0.4) is 0 Å². The van der Waals surface area contributed by atoms with Gasteiger partial charge in [-0.1, -0.05) is 95.2 Å². The highest BCUT2D eigenvalue weighted by molar-refractivity contribution is 5.83. The molecule has 0 spiro atoms. The Bertz CT molecular complexity index is 858. The Kier molecular flexibility index (Phi) is 5.93. The van der Waals surface area contributed by atoms with Crippen molar-refractivity contribution in [2.45, 2.75) is 105 Å². The van der Waals surface area contributed by atoms with E-state index in [1.165, 1.54) is 0 Å². The van der Waals surface area contributed by atoms with E-state index in [1.807, 2.05) is 12.1 Å². The van der Waals surface area contributed by atoms with E-state index in [-0.39, 0.29) is 33.2 Å². The Morgan fingerprint density at radius 3 is 0.900 bits per heavy atom. The van der Waals surface area contributed by atoms with Crippen LogP contribution in [-0.2, 0) is 21.7 Å². The molecule has 0 heterocycles. The molecule has 0 fully saturated rings. The standard InChI is InChI=1S/C28H42O2/c1-25(2,3)17-13-19(27(7,8)9)23(21(29)15-17)24-20(28(10,11)12)14-18(16-22(24)30)26(4,5)6/h13-16,29-30H,1-12H3. The van der Waals surface area contributed by atoms with Gasteiger partial charge in [-0.15, -0.1) is 0 Å². The van der Waals surface area contributed by atoms with Gasteiger partial charge in [-0.2, -0.15) is 0 Å². The summed E-state index contributed by atoms with van der Waals surface area (Å²) in [5.41, 5.74) is 5.23. The van der Waals surface area contributed by atoms with Gasteiger partial charge in [-0.3, -0.25) is 0 Å². The van der Waals surface area contributed by atoms with Crippen LogP contribution in [0.2, 0.25) is 0 Å². The van der Waals surface area contributed by atoms with Crippen molar-refractivity contribution in [1.29, 1.82) is 0 Å². The average molecular weight is 411 g/mol. The van der Waals surface area contributed by atoms with Crippen LogP contribution in [0.25, 0.3) is 11.1 Å². The van der Waals surface area contributed by atoms with Gasteiger partial charge in [-0.25, -0.2) is 0 Å². The van der Waals surface area contributed by atoms with E-state index in [0.717, 1.165) is 33.4 Å². The lowest BCUT2D eigenvalue weighted by Crippen LogP contribution is -2.20. The van der Waals surface area contributed by atoms with Crippen LogP contribution in [0.15, 0.2) is 24.3 Å². The molecule has 0 saturated heterocycles. The third-order valence-electron chi connectivity index (χ3n) is 5.83. The van der Waals surface area contributed by atoms with Gasteiger partial charge in [0.15, 0.2) is 0 Å². The minimum Gasteiger partial charge on any atom is -0.507 e. The molecule has 166 valence electrons. The van der Waals surface area contributed by atoms with Crippen molar-refractivity contribution >= 4 is 0 Å². The molecule has 0 radical (unpaired) electrons. The van der Waals surface area contributed by atoms with Gasteiger partial charge in [0.2, 0.25) is 0 Å². The second-order valence-corrected chi connectivity index (χ2v) is 12.8. The number of rotatable bonds is 1. The summed E-state index contributed by atoms with van der Waals surface area (Å²) >= 11 is 0. The quantitative estimate of drug-likeness (QED) is 0.500. The lowest BCUT2D eigenvalue weighted by atomic mass is 9.72. The van der Waals surface area contributed by atoms with Crippen LogP contribution in [0, 0.1) is 0 Å². The van der Waals surface area contributed by atoms with Crippen molar-refractivity contribution in [2.75, 3.05) is 0 Å². The van der Waals surface area contributed by atoms with Gasteiger partial charge >= 0.3 is 0 Å². The first-order chi connectivity index (χ1) is 13.2. The first-order valence-corrected chi connectivity index (χ1v) is 11.0. The fourth-order valence-electron chi connectivity index (χ4n) is 3.83. The molecular formula is C28H42O2. The number of phenolic OH excluding ortho intramolecular Hbond substituents is 2. The second kappa shape index (κ2) is 7.32. The van der Waals surface area contributed by atoms with Gasteiger partial charge < -0.3 is 10.2 Å². The Morgan fingerprint density at radius 1 is 0.433 bits per heavy atom. The highest BCUT2D eigenvalue weighted by Gasteiger charge is 2.32. The van der Waals surface area contributed by atoms with E-state index in [9.17, 15) is 10.2 Å². The molecule has 0 aliphatic carbocycles. The predicted molar refractivity (Wildman–Crippen MR) is 130 cm³/mol. The third-order valence-corrected chi connectivity index (χ3v) is 5.83. The molecule has 0 aliphatic heterocycles. The topological polar surface area (TPSA) is 40.5 Å². The van der Waals surface area contributed by atoms with Gasteiger partial charge in [0.25, 0.3) is 0 Å². The fraction of sp³-hybridized carbons (Fsp3) is 0.571. The van der Waals surface area contributed by atoms with E-state index in [1.54, 1.807) is 0 Å². The van der Waals surface area contributed by atoms with Crippen molar-refractivity contribution in [3.8, 4) is 22.6 Å². The minimum atomic E-state index is -0.196. The third kappa shape index (κ3) is 4.85. The summed E-state index contributed by atoms with van der Waals surface area (Å²) in [6.45, 7) is 25.9. The second-order valence-electron chi connectivity index (χ2n) is 12.8. The minimum absolute atomic E-state index is 0.0823. The summed E-state index contributed by atoms with van der Waals surface area (Å²) in [6.07, 6.45) is 0. The van der Waals surface area contributed by atoms with Crippen molar-refractivity contribution in [1.82, 2.24) is 0 Å². The fourth-order valence-corrected chi connectivity index (χ4v) is 3.83. The van der Waals surface area contributed by atoms with Crippen molar-refractivity contribution in [2.24, 2.45) is 0 Å². The largest absolute Gasteiger partial charge is 0.507 e. The van der Waals surface area contributed by atoms with Gasteiger partial charge in [0.1, 0.15) is 11.5 Å². The van der Waals surface area contributed by atoms with Crippen LogP contribution >= 0.6 is 0 Å². The zero-order chi connectivity index (χ0) is 23.4. The lowest BCUT2D eigenvalue weighted by Gasteiger charge is -2.32. The van der Waals surface area contributed by atoms with E-state index < -0.39 is 0 Å². The Hall–Kier alpha value is -1.96. The zero-order valence-corrected chi connectivity index (χ0v) is 21.2. The Balaban J connectivity index is 3.04. The number of phenols is 2. The summed E-state index contributed by atoms with van der Waals surface area (Å²) in [5, 5.41) is 22.6. The Morgan fingerprint density at radius 2 is 0.700 bits per heavy atom. The molecule has 0 aromatic heterocycles. The number of hydrogen-bond acceptors (Lipinski definition) is 2. The molecule has 2 aromatic rings. The molecule has 2 N–H and O–H groups in total. The van der Waals surface area contributed by atoms with Crippen molar-refractivity contribution < 1.29 is 10.2 Å². The number of aromatic hydroxyl groups is 2. The van der Waals surface area contributed by atoms with E-state index in [4.69, 9.17) is 0 Å². The van der Waals surface area contributed by atoms with E-state index >= 15 is 0 Å². The van der Waals surface area contributed by atoms with Crippen LogP contribution in [0.5, 0.6) is 11.5 Å². The first-order valence-electron chi connectivity index (χ1n) is 11.0. The van der Waals surface area contributed by atoms with Crippen LogP contribution < -0.4 is 0 Å². The van der Waals surface area contributed by atoms with E-state index in [2.05, 4.69) is 95.2 Å². The van der Waals surface area contributed by atoms with Crippen molar-refractivity contribution in [3.63, 3.8) is 0 Å². The molecule has 0 bridgehead atoms. The maximum atomic E-state index is 11.3. The van der Waals surface area contributed by atoms with Crippen LogP contribution in [0.1, 0.15) is 105 Å². The molecule has 30 heavy (non-hydrogen) atoms. The first kappa shape index (κ1) is 24.3. The van der Waals surface area contributed by atoms with Gasteiger partial charge in [0, 0.05) is 11.1 Å². The van der Waals surface area contributed by atoms with Crippen molar-refractivity contribution in [3.05, 3.63) is 46.5 Å². The molecule has 2 nitrogen and oxygen atoms in total. The zero-order valence-electron chi connectivity index (χ0n) is 21.2. The molecule has 0 unspecified atom stereocenters. The molecular weight excluding hydrogens is 368 g/mol. The Labute approximate surface area is 184 Å². The molecule has 2 rings (SSSR count). The number of hydrogen-bond donors (Lipinski definition) is 2. The van der Waals surface area contributed by atoms with Gasteiger partial charge in [0.05, 0.1) is 0 Å². The van der Waals surface area contributed by atoms with E-state index in [0.29, 0.717) is 0 Å². The predicted octanol–water partition coefficient (Wildman–Crippen LogP) is 7.95. The summed E-state index contributed by atoms with van der Waals surface area (Å²) in [4.78, 5) is 0. The lowest BCUT2D eigenvalue weighted by molar-refractivity contribution is 0.458. The SMILES string of the molecule is CC(C)(C)c1cc(O)c(-c2c(O)cc(C(C)(C)C)cc2C(C)(C)C)c(C(C)(C)C)c1.